The van der Waals surface area contributed by atoms with Crippen molar-refractivity contribution >= 4 is 22.5 Å². The van der Waals surface area contributed by atoms with E-state index in [9.17, 15) is 4.79 Å². The molecule has 0 aliphatic rings. The standard InChI is InChI=1S/C21H35NOS/c1-4-6-7-8-9-10-11-12-13-14-21(23)22-19-15-17-20(18-16-19)24(3)5-2/h15-18H,4-14H2,1-3H3/p+1. The van der Waals surface area contributed by atoms with Crippen molar-refractivity contribution in [1.82, 2.24) is 0 Å². The van der Waals surface area contributed by atoms with Gasteiger partial charge in [0.1, 0.15) is 12.0 Å². The summed E-state index contributed by atoms with van der Waals surface area (Å²) in [5.41, 5.74) is 0.924. The summed E-state index contributed by atoms with van der Waals surface area (Å²) >= 11 is 0. The van der Waals surface area contributed by atoms with Gasteiger partial charge in [-0.2, -0.15) is 0 Å². The SMILES string of the molecule is CCCCCCCCCCCC(=O)Nc1ccc([S+](C)CC)cc1. The van der Waals surface area contributed by atoms with Gasteiger partial charge in [-0.05, 0) is 37.6 Å². The average Bonchev–Trinajstić information content (AvgIpc) is 2.60. The molecule has 0 aromatic heterocycles. The second-order valence-corrected chi connectivity index (χ2v) is 8.90. The summed E-state index contributed by atoms with van der Waals surface area (Å²) in [4.78, 5) is 13.4. The summed E-state index contributed by atoms with van der Waals surface area (Å²) in [6, 6.07) is 8.34. The number of amides is 1. The number of hydrogen-bond donors (Lipinski definition) is 1. The molecule has 0 fully saturated rings. The Morgan fingerprint density at radius 3 is 1.96 bits per heavy atom. The number of hydrogen-bond acceptors (Lipinski definition) is 1. The monoisotopic (exact) mass is 350 g/mol. The first-order valence-corrected chi connectivity index (χ1v) is 11.5. The van der Waals surface area contributed by atoms with E-state index in [1.807, 2.05) is 12.1 Å². The van der Waals surface area contributed by atoms with Crippen molar-refractivity contribution in [1.29, 1.82) is 0 Å². The lowest BCUT2D eigenvalue weighted by molar-refractivity contribution is -0.116. The maximum absolute atomic E-state index is 12.0. The molecule has 1 unspecified atom stereocenters. The Morgan fingerprint density at radius 2 is 1.42 bits per heavy atom. The molecule has 0 radical (unpaired) electrons. The van der Waals surface area contributed by atoms with Gasteiger partial charge in [-0.15, -0.1) is 0 Å². The number of nitrogens with one attached hydrogen (secondary N) is 1. The second kappa shape index (κ2) is 13.3. The summed E-state index contributed by atoms with van der Waals surface area (Å²) in [6.07, 6.45) is 14.5. The summed E-state index contributed by atoms with van der Waals surface area (Å²) in [5.74, 6) is 1.32. The number of anilines is 1. The van der Waals surface area contributed by atoms with E-state index in [1.165, 1.54) is 62.0 Å². The van der Waals surface area contributed by atoms with Crippen LogP contribution < -0.4 is 5.32 Å². The molecule has 2 nitrogen and oxygen atoms in total. The third-order valence-corrected chi connectivity index (χ3v) is 6.42. The minimum absolute atomic E-state index is 0.150. The van der Waals surface area contributed by atoms with Crippen LogP contribution in [-0.2, 0) is 15.7 Å². The third-order valence-electron chi connectivity index (χ3n) is 4.48. The highest BCUT2D eigenvalue weighted by atomic mass is 32.2. The predicted molar refractivity (Wildman–Crippen MR) is 109 cm³/mol. The van der Waals surface area contributed by atoms with E-state index in [0.29, 0.717) is 17.3 Å². The van der Waals surface area contributed by atoms with Gasteiger partial charge in [0.15, 0.2) is 4.90 Å². The van der Waals surface area contributed by atoms with E-state index < -0.39 is 0 Å². The second-order valence-electron chi connectivity index (χ2n) is 6.58. The Bertz CT molecular complexity index is 444. The van der Waals surface area contributed by atoms with Crippen LogP contribution in [0.15, 0.2) is 29.2 Å². The highest BCUT2D eigenvalue weighted by Crippen LogP contribution is 2.16. The lowest BCUT2D eigenvalue weighted by Crippen LogP contribution is -2.11. The van der Waals surface area contributed by atoms with Crippen LogP contribution >= 0.6 is 0 Å². The fourth-order valence-corrected chi connectivity index (χ4v) is 3.69. The molecule has 0 saturated heterocycles. The van der Waals surface area contributed by atoms with Gasteiger partial charge in [0.05, 0.1) is 0 Å². The maximum atomic E-state index is 12.0. The van der Waals surface area contributed by atoms with Gasteiger partial charge >= 0.3 is 0 Å². The largest absolute Gasteiger partial charge is 0.326 e. The molecule has 136 valence electrons. The van der Waals surface area contributed by atoms with Crippen LogP contribution in [0.25, 0.3) is 0 Å². The van der Waals surface area contributed by atoms with Gasteiger partial charge in [-0.25, -0.2) is 0 Å². The van der Waals surface area contributed by atoms with E-state index >= 15 is 0 Å². The Balaban J connectivity index is 2.09. The highest BCUT2D eigenvalue weighted by molar-refractivity contribution is 7.96. The first kappa shape index (κ1) is 21.1. The Labute approximate surface area is 152 Å². The quantitative estimate of drug-likeness (QED) is 0.334. The van der Waals surface area contributed by atoms with Crippen LogP contribution in [0.5, 0.6) is 0 Å². The maximum Gasteiger partial charge on any atom is 0.224 e. The van der Waals surface area contributed by atoms with E-state index in [4.69, 9.17) is 0 Å². The summed E-state index contributed by atoms with van der Waals surface area (Å²) in [7, 11) is 0.315. The number of rotatable bonds is 13. The van der Waals surface area contributed by atoms with Gasteiger partial charge < -0.3 is 5.32 Å². The van der Waals surface area contributed by atoms with Crippen LogP contribution in [0.4, 0.5) is 5.69 Å². The van der Waals surface area contributed by atoms with Gasteiger partial charge in [0, 0.05) is 23.0 Å². The number of unbranched alkanes of at least 4 members (excludes halogenated alkanes) is 8. The van der Waals surface area contributed by atoms with Crippen LogP contribution in [0, 0.1) is 0 Å². The average molecular weight is 351 g/mol. The van der Waals surface area contributed by atoms with Crippen molar-refractivity contribution in [2.24, 2.45) is 0 Å². The molecule has 0 aliphatic heterocycles. The zero-order valence-corrected chi connectivity index (χ0v) is 16.7. The number of carbonyl (C=O) groups excluding carboxylic acids is 1. The molecule has 0 heterocycles. The molecule has 1 rings (SSSR count). The predicted octanol–water partition coefficient (Wildman–Crippen LogP) is 6.17. The number of benzene rings is 1. The zero-order valence-electron chi connectivity index (χ0n) is 15.9. The molecule has 0 saturated carbocycles. The number of carbonyl (C=O) groups is 1. The van der Waals surface area contributed by atoms with Crippen LogP contribution in [0.3, 0.4) is 0 Å². The molecule has 0 bridgehead atoms. The molecule has 1 amide bonds. The Kier molecular flexibility index (Phi) is 11.7. The molecule has 3 heteroatoms. The first-order valence-electron chi connectivity index (χ1n) is 9.69. The molecule has 0 aliphatic carbocycles. The lowest BCUT2D eigenvalue weighted by atomic mass is 10.1. The smallest absolute Gasteiger partial charge is 0.224 e. The summed E-state index contributed by atoms with van der Waals surface area (Å²) in [5, 5.41) is 3.02. The molecule has 1 aromatic rings. The van der Waals surface area contributed by atoms with Gasteiger partial charge in [0.2, 0.25) is 5.91 Å². The molecule has 1 aromatic carbocycles. The van der Waals surface area contributed by atoms with Gasteiger partial charge in [0.25, 0.3) is 0 Å². The molecular formula is C21H36NOS+. The third kappa shape index (κ3) is 9.36. The molecule has 0 spiro atoms. The van der Waals surface area contributed by atoms with Crippen LogP contribution in [-0.4, -0.2) is 17.9 Å². The summed E-state index contributed by atoms with van der Waals surface area (Å²) < 4.78 is 0. The Hall–Kier alpha value is -0.960. The van der Waals surface area contributed by atoms with Crippen molar-refractivity contribution in [3.63, 3.8) is 0 Å². The van der Waals surface area contributed by atoms with Crippen LogP contribution in [0.1, 0.15) is 78.1 Å². The van der Waals surface area contributed by atoms with Crippen molar-refractivity contribution in [3.8, 4) is 0 Å². The lowest BCUT2D eigenvalue weighted by Gasteiger charge is -2.06. The van der Waals surface area contributed by atoms with Crippen LogP contribution in [0.2, 0.25) is 0 Å². The topological polar surface area (TPSA) is 29.1 Å². The Morgan fingerprint density at radius 1 is 0.875 bits per heavy atom. The fraction of sp³-hybridized carbons (Fsp3) is 0.667. The van der Waals surface area contributed by atoms with Crippen molar-refractivity contribution in [3.05, 3.63) is 24.3 Å². The van der Waals surface area contributed by atoms with E-state index in [2.05, 4.69) is 37.6 Å². The van der Waals surface area contributed by atoms with Gasteiger partial charge in [-0.3, -0.25) is 4.79 Å². The van der Waals surface area contributed by atoms with Crippen molar-refractivity contribution in [2.45, 2.75) is 83.0 Å². The minimum atomic E-state index is 0.150. The molecule has 1 atom stereocenters. The molecule has 24 heavy (non-hydrogen) atoms. The van der Waals surface area contributed by atoms with E-state index in [1.54, 1.807) is 0 Å². The zero-order chi connectivity index (χ0) is 17.6. The summed E-state index contributed by atoms with van der Waals surface area (Å²) in [6.45, 7) is 4.47. The first-order chi connectivity index (χ1) is 11.7. The minimum Gasteiger partial charge on any atom is -0.326 e. The fourth-order valence-electron chi connectivity index (χ4n) is 2.76. The van der Waals surface area contributed by atoms with Crippen molar-refractivity contribution < 1.29 is 4.79 Å². The van der Waals surface area contributed by atoms with E-state index in [0.717, 1.165) is 12.1 Å². The molecular weight excluding hydrogens is 314 g/mol. The van der Waals surface area contributed by atoms with Crippen molar-refractivity contribution in [2.75, 3.05) is 17.3 Å². The molecule has 1 N–H and O–H groups in total. The van der Waals surface area contributed by atoms with Gasteiger partial charge in [-0.1, -0.05) is 58.3 Å². The highest BCUT2D eigenvalue weighted by Gasteiger charge is 2.11. The van der Waals surface area contributed by atoms with E-state index in [-0.39, 0.29) is 5.91 Å². The normalized spacial score (nSPS) is 12.1.